The van der Waals surface area contributed by atoms with E-state index in [1.165, 1.54) is 30.3 Å². The number of carbonyl (C=O) groups excluding carboxylic acids is 1. The molecule has 28 heavy (non-hydrogen) atoms. The fourth-order valence-corrected chi connectivity index (χ4v) is 4.74. The van der Waals surface area contributed by atoms with Crippen LogP contribution in [0.25, 0.3) is 10.9 Å². The van der Waals surface area contributed by atoms with Crippen molar-refractivity contribution in [1.82, 2.24) is 19.3 Å². The van der Waals surface area contributed by atoms with Gasteiger partial charge in [0.25, 0.3) is 5.91 Å². The largest absolute Gasteiger partial charge is 0.343 e. The number of aromatic nitrogens is 1. The lowest BCUT2D eigenvalue weighted by molar-refractivity contribution is 0.0451. The number of piperidine rings is 1. The van der Waals surface area contributed by atoms with Crippen molar-refractivity contribution in [2.75, 3.05) is 46.3 Å². The Morgan fingerprint density at radius 1 is 1.04 bits per heavy atom. The second-order valence-corrected chi connectivity index (χ2v) is 9.50. The van der Waals surface area contributed by atoms with Crippen molar-refractivity contribution < 1.29 is 4.79 Å². The van der Waals surface area contributed by atoms with Crippen molar-refractivity contribution in [2.24, 2.45) is 0 Å². The molecule has 2 aliphatic rings. The molecule has 1 atom stereocenters. The van der Waals surface area contributed by atoms with Crippen molar-refractivity contribution in [1.29, 1.82) is 0 Å². The maximum Gasteiger partial charge on any atom is 0.253 e. The summed E-state index contributed by atoms with van der Waals surface area (Å²) in [5, 5.41) is 1.17. The van der Waals surface area contributed by atoms with Crippen molar-refractivity contribution >= 4 is 16.8 Å². The first-order chi connectivity index (χ1) is 13.3. The number of amides is 1. The Balaban J connectivity index is 1.49. The number of nitrogens with zero attached hydrogens (tertiary/aromatic N) is 4. The normalized spacial score (nSPS) is 22.7. The summed E-state index contributed by atoms with van der Waals surface area (Å²) >= 11 is 0. The van der Waals surface area contributed by atoms with Gasteiger partial charge in [0.2, 0.25) is 0 Å². The molecule has 1 aromatic heterocycles. The average molecular weight is 383 g/mol. The zero-order valence-electron chi connectivity index (χ0n) is 17.8. The minimum absolute atomic E-state index is 0.167. The molecule has 2 fully saturated rings. The van der Waals surface area contributed by atoms with Crippen LogP contribution < -0.4 is 0 Å². The molecule has 2 aromatic rings. The minimum atomic E-state index is 0.167. The average Bonchev–Trinajstić information content (AvgIpc) is 3.10. The third-order valence-corrected chi connectivity index (χ3v) is 6.48. The maximum absolute atomic E-state index is 13.0. The van der Waals surface area contributed by atoms with Gasteiger partial charge < -0.3 is 14.4 Å². The van der Waals surface area contributed by atoms with E-state index in [2.05, 4.69) is 66.6 Å². The molecule has 0 bridgehead atoms. The first-order valence-electron chi connectivity index (χ1n) is 10.7. The van der Waals surface area contributed by atoms with Crippen LogP contribution in [0.3, 0.4) is 0 Å². The molecule has 5 heteroatoms. The molecule has 1 aromatic carbocycles. The van der Waals surface area contributed by atoms with E-state index in [0.29, 0.717) is 6.04 Å². The summed E-state index contributed by atoms with van der Waals surface area (Å²) in [5.74, 6) is 0.167. The number of fused-ring (bicyclic) bond motifs is 1. The molecule has 2 saturated heterocycles. The number of piperazine rings is 1. The molecule has 3 heterocycles. The zero-order valence-corrected chi connectivity index (χ0v) is 17.8. The van der Waals surface area contributed by atoms with Gasteiger partial charge in [-0.3, -0.25) is 9.69 Å². The lowest BCUT2D eigenvalue weighted by Gasteiger charge is -2.42. The molecule has 1 unspecified atom stereocenters. The van der Waals surface area contributed by atoms with Gasteiger partial charge >= 0.3 is 0 Å². The summed E-state index contributed by atoms with van der Waals surface area (Å²) in [6.45, 7) is 12.5. The zero-order chi connectivity index (χ0) is 19.9. The van der Waals surface area contributed by atoms with Crippen molar-refractivity contribution in [3.63, 3.8) is 0 Å². The highest BCUT2D eigenvalue weighted by Crippen LogP contribution is 2.27. The molecule has 1 amide bonds. The van der Waals surface area contributed by atoms with E-state index in [0.717, 1.165) is 38.3 Å². The monoisotopic (exact) mass is 382 g/mol. The Morgan fingerprint density at radius 2 is 1.79 bits per heavy atom. The third-order valence-electron chi connectivity index (χ3n) is 6.48. The number of likely N-dealkylation sites (N-methyl/N-ethyl adjacent to an activating group) is 1. The molecular weight excluding hydrogens is 348 g/mol. The number of hydrogen-bond donors (Lipinski definition) is 0. The smallest absolute Gasteiger partial charge is 0.253 e. The van der Waals surface area contributed by atoms with E-state index in [-0.39, 0.29) is 11.4 Å². The summed E-state index contributed by atoms with van der Waals surface area (Å²) < 4.78 is 2.40. The van der Waals surface area contributed by atoms with E-state index in [1.807, 2.05) is 11.0 Å². The first-order valence-corrected chi connectivity index (χ1v) is 10.7. The molecule has 0 N–H and O–H groups in total. The van der Waals surface area contributed by atoms with Crippen molar-refractivity contribution in [3.8, 4) is 0 Å². The van der Waals surface area contributed by atoms with Gasteiger partial charge in [-0.2, -0.15) is 0 Å². The first kappa shape index (κ1) is 19.5. The summed E-state index contributed by atoms with van der Waals surface area (Å²) in [6, 6.07) is 8.94. The number of hydrogen-bond acceptors (Lipinski definition) is 3. The number of likely N-dealkylation sites (tertiary alicyclic amines) is 1. The van der Waals surface area contributed by atoms with Crippen molar-refractivity contribution in [2.45, 2.75) is 45.2 Å². The van der Waals surface area contributed by atoms with Gasteiger partial charge in [0, 0.05) is 67.0 Å². The Morgan fingerprint density at radius 3 is 2.46 bits per heavy atom. The molecule has 4 rings (SSSR count). The van der Waals surface area contributed by atoms with Crippen LogP contribution in [0, 0.1) is 0 Å². The second-order valence-electron chi connectivity index (χ2n) is 9.50. The number of carbonyl (C=O) groups is 1. The maximum atomic E-state index is 13.0. The summed E-state index contributed by atoms with van der Waals surface area (Å²) in [6.07, 6.45) is 4.68. The summed E-state index contributed by atoms with van der Waals surface area (Å²) in [4.78, 5) is 19.9. The lowest BCUT2D eigenvalue weighted by Crippen LogP contribution is -2.54. The molecule has 0 radical (unpaired) electrons. The van der Waals surface area contributed by atoms with Crippen LogP contribution in [-0.4, -0.2) is 77.0 Å². The Bertz CT molecular complexity index is 842. The lowest BCUT2D eigenvalue weighted by atomic mass is 10.0. The molecule has 5 nitrogen and oxygen atoms in total. The van der Waals surface area contributed by atoms with Crippen LogP contribution in [-0.2, 0) is 0 Å². The van der Waals surface area contributed by atoms with Gasteiger partial charge in [-0.1, -0.05) is 0 Å². The number of benzene rings is 1. The predicted octanol–water partition coefficient (Wildman–Crippen LogP) is 3.46. The van der Waals surface area contributed by atoms with E-state index < -0.39 is 0 Å². The molecular formula is C23H34N4O. The van der Waals surface area contributed by atoms with Gasteiger partial charge in [-0.25, -0.2) is 0 Å². The topological polar surface area (TPSA) is 31.7 Å². The standard InChI is InChI=1S/C23H34N4O/c1-23(2,3)26-14-12-25(13-15-26)22(28)19-7-8-21-18(16-19)9-11-27(21)20-6-5-10-24(4)17-20/h7-9,11,16,20H,5-6,10,12-15,17H2,1-4H3. The molecule has 0 saturated carbocycles. The third kappa shape index (κ3) is 3.83. The van der Waals surface area contributed by atoms with E-state index >= 15 is 0 Å². The molecule has 2 aliphatic heterocycles. The minimum Gasteiger partial charge on any atom is -0.343 e. The predicted molar refractivity (Wildman–Crippen MR) is 115 cm³/mol. The van der Waals surface area contributed by atoms with Crippen LogP contribution in [0.4, 0.5) is 0 Å². The fraction of sp³-hybridized carbons (Fsp3) is 0.609. The Hall–Kier alpha value is -1.85. The highest BCUT2D eigenvalue weighted by atomic mass is 16.2. The van der Waals surface area contributed by atoms with E-state index in [1.54, 1.807) is 0 Å². The van der Waals surface area contributed by atoms with Crippen LogP contribution in [0.5, 0.6) is 0 Å². The quantitative estimate of drug-likeness (QED) is 0.797. The Kier molecular flexibility index (Phi) is 5.23. The van der Waals surface area contributed by atoms with Crippen LogP contribution in [0.15, 0.2) is 30.5 Å². The van der Waals surface area contributed by atoms with Gasteiger partial charge in [-0.15, -0.1) is 0 Å². The van der Waals surface area contributed by atoms with Gasteiger partial charge in [-0.05, 0) is 71.5 Å². The Labute approximate surface area is 168 Å². The van der Waals surface area contributed by atoms with Crippen LogP contribution >= 0.6 is 0 Å². The highest BCUT2D eigenvalue weighted by molar-refractivity contribution is 5.98. The van der Waals surface area contributed by atoms with Crippen molar-refractivity contribution in [3.05, 3.63) is 36.0 Å². The SMILES string of the molecule is CN1CCCC(n2ccc3cc(C(=O)N4CCN(C(C)(C)C)CC4)ccc32)C1. The van der Waals surface area contributed by atoms with Crippen LogP contribution in [0.1, 0.15) is 50.0 Å². The van der Waals surface area contributed by atoms with E-state index in [4.69, 9.17) is 0 Å². The number of rotatable bonds is 2. The second kappa shape index (κ2) is 7.53. The van der Waals surface area contributed by atoms with Gasteiger partial charge in [0.1, 0.15) is 0 Å². The van der Waals surface area contributed by atoms with Gasteiger partial charge in [0.05, 0.1) is 0 Å². The molecule has 0 aliphatic carbocycles. The fourth-order valence-electron chi connectivity index (χ4n) is 4.74. The van der Waals surface area contributed by atoms with E-state index in [9.17, 15) is 4.79 Å². The summed E-state index contributed by atoms with van der Waals surface area (Å²) in [5.41, 5.74) is 2.23. The molecule has 0 spiro atoms. The van der Waals surface area contributed by atoms with Gasteiger partial charge in [0.15, 0.2) is 0 Å². The van der Waals surface area contributed by atoms with Crippen LogP contribution in [0.2, 0.25) is 0 Å². The molecule has 152 valence electrons. The summed E-state index contributed by atoms with van der Waals surface area (Å²) in [7, 11) is 2.20. The highest BCUT2D eigenvalue weighted by Gasteiger charge is 2.28.